The molecular weight excluding hydrogens is 288 g/mol. The van der Waals surface area contributed by atoms with Crippen LogP contribution in [-0.4, -0.2) is 37.2 Å². The van der Waals surface area contributed by atoms with E-state index in [-0.39, 0.29) is 0 Å². The minimum absolute atomic E-state index is 0.642. The highest BCUT2D eigenvalue weighted by Gasteiger charge is 2.01. The lowest BCUT2D eigenvalue weighted by Gasteiger charge is -2.11. The average molecular weight is 316 g/mol. The highest BCUT2D eigenvalue weighted by molar-refractivity contribution is 5.81. The molecule has 3 N–H and O–H groups in total. The first-order valence-electron chi connectivity index (χ1n) is 8.50. The molecule has 0 aliphatic carbocycles. The van der Waals surface area contributed by atoms with Crippen LogP contribution in [0.1, 0.15) is 32.4 Å². The summed E-state index contributed by atoms with van der Waals surface area (Å²) < 4.78 is 5.34. The Hall–Kier alpha value is -2.01. The van der Waals surface area contributed by atoms with Crippen molar-refractivity contribution in [2.24, 2.45) is 4.99 Å². The molecule has 0 bridgehead atoms. The van der Waals surface area contributed by atoms with Gasteiger partial charge in [-0.05, 0) is 44.2 Å². The Labute approximate surface area is 138 Å². The molecule has 1 aromatic carbocycles. The van der Waals surface area contributed by atoms with E-state index < -0.39 is 0 Å². The standard InChI is InChI=1S/C18H28N4O/c1-3-19-18(20-11-7-8-12-23-4-2)21-14-16-13-15-9-5-6-10-17(15)22-16/h5-6,9-10,13,22H,3-4,7-8,11-12,14H2,1-2H3,(H2,19,20,21). The van der Waals surface area contributed by atoms with Crippen molar-refractivity contribution in [1.82, 2.24) is 15.6 Å². The van der Waals surface area contributed by atoms with Crippen LogP contribution in [0.25, 0.3) is 10.9 Å². The molecule has 1 heterocycles. The second-order valence-electron chi connectivity index (χ2n) is 5.41. The second-order valence-corrected chi connectivity index (χ2v) is 5.41. The zero-order valence-corrected chi connectivity index (χ0v) is 14.2. The molecule has 0 unspecified atom stereocenters. The third-order valence-electron chi connectivity index (χ3n) is 3.55. The Morgan fingerprint density at radius 3 is 2.83 bits per heavy atom. The van der Waals surface area contributed by atoms with E-state index in [0.29, 0.717) is 6.54 Å². The zero-order chi connectivity index (χ0) is 16.3. The number of para-hydroxylation sites is 1. The number of ether oxygens (including phenoxy) is 1. The fourth-order valence-corrected chi connectivity index (χ4v) is 2.40. The first-order valence-corrected chi connectivity index (χ1v) is 8.50. The van der Waals surface area contributed by atoms with Gasteiger partial charge in [-0.2, -0.15) is 0 Å². The summed E-state index contributed by atoms with van der Waals surface area (Å²) in [5.74, 6) is 0.863. The van der Waals surface area contributed by atoms with Gasteiger partial charge in [0.1, 0.15) is 0 Å². The van der Waals surface area contributed by atoms with Crippen molar-refractivity contribution in [3.05, 3.63) is 36.0 Å². The van der Waals surface area contributed by atoms with Crippen LogP contribution in [0.3, 0.4) is 0 Å². The third-order valence-corrected chi connectivity index (χ3v) is 3.55. The van der Waals surface area contributed by atoms with Gasteiger partial charge >= 0.3 is 0 Å². The molecule has 5 nitrogen and oxygen atoms in total. The number of nitrogens with one attached hydrogen (secondary N) is 3. The summed E-state index contributed by atoms with van der Waals surface area (Å²) in [6, 6.07) is 10.5. The molecule has 0 aliphatic heterocycles. The Bertz CT molecular complexity index is 573. The topological polar surface area (TPSA) is 61.4 Å². The molecule has 23 heavy (non-hydrogen) atoms. The Balaban J connectivity index is 1.82. The van der Waals surface area contributed by atoms with Crippen LogP contribution in [0.15, 0.2) is 35.3 Å². The molecule has 2 rings (SSSR count). The van der Waals surface area contributed by atoms with Gasteiger partial charge in [0.2, 0.25) is 0 Å². The molecule has 0 saturated carbocycles. The van der Waals surface area contributed by atoms with Crippen molar-refractivity contribution in [2.75, 3.05) is 26.3 Å². The van der Waals surface area contributed by atoms with Crippen molar-refractivity contribution in [2.45, 2.75) is 33.2 Å². The molecule has 0 spiro atoms. The summed E-state index contributed by atoms with van der Waals surface area (Å²) in [4.78, 5) is 8.05. The summed E-state index contributed by atoms with van der Waals surface area (Å²) in [5.41, 5.74) is 2.28. The summed E-state index contributed by atoms with van der Waals surface area (Å²) in [5, 5.41) is 7.88. The number of aromatic amines is 1. The Kier molecular flexibility index (Phi) is 7.46. The van der Waals surface area contributed by atoms with Gasteiger partial charge in [-0.15, -0.1) is 0 Å². The second kappa shape index (κ2) is 9.90. The number of rotatable bonds is 9. The van der Waals surface area contributed by atoms with Crippen LogP contribution in [0.4, 0.5) is 0 Å². The molecule has 1 aromatic heterocycles. The smallest absolute Gasteiger partial charge is 0.191 e. The maximum absolute atomic E-state index is 5.34. The number of nitrogens with zero attached hydrogens (tertiary/aromatic N) is 1. The van der Waals surface area contributed by atoms with Gasteiger partial charge in [0, 0.05) is 37.5 Å². The molecule has 5 heteroatoms. The van der Waals surface area contributed by atoms with E-state index in [1.807, 2.05) is 13.0 Å². The molecule has 0 fully saturated rings. The first kappa shape index (κ1) is 17.3. The van der Waals surface area contributed by atoms with Crippen LogP contribution in [0.2, 0.25) is 0 Å². The van der Waals surface area contributed by atoms with Crippen molar-refractivity contribution in [3.63, 3.8) is 0 Å². The molecule has 0 radical (unpaired) electrons. The molecular formula is C18H28N4O. The number of unbranched alkanes of at least 4 members (excludes halogenated alkanes) is 1. The number of aromatic nitrogens is 1. The third kappa shape index (κ3) is 5.94. The van der Waals surface area contributed by atoms with Crippen LogP contribution < -0.4 is 10.6 Å². The Morgan fingerprint density at radius 2 is 2.04 bits per heavy atom. The number of aliphatic imine (C=N–C) groups is 1. The fraction of sp³-hybridized carbons (Fsp3) is 0.500. The maximum Gasteiger partial charge on any atom is 0.191 e. The molecule has 0 aliphatic rings. The lowest BCUT2D eigenvalue weighted by atomic mass is 10.2. The number of guanidine groups is 1. The number of fused-ring (bicyclic) bond motifs is 1. The van der Waals surface area contributed by atoms with E-state index in [1.54, 1.807) is 0 Å². The van der Waals surface area contributed by atoms with Crippen LogP contribution >= 0.6 is 0 Å². The summed E-state index contributed by atoms with van der Waals surface area (Å²) in [6.45, 7) is 8.14. The van der Waals surface area contributed by atoms with Gasteiger partial charge in [0.25, 0.3) is 0 Å². The lowest BCUT2D eigenvalue weighted by molar-refractivity contribution is 0.143. The van der Waals surface area contributed by atoms with Gasteiger partial charge in [-0.3, -0.25) is 0 Å². The van der Waals surface area contributed by atoms with Gasteiger partial charge < -0.3 is 20.4 Å². The fourth-order valence-electron chi connectivity index (χ4n) is 2.40. The number of hydrogen-bond donors (Lipinski definition) is 3. The molecule has 126 valence electrons. The van der Waals surface area contributed by atoms with Crippen LogP contribution in [0.5, 0.6) is 0 Å². The minimum Gasteiger partial charge on any atom is -0.382 e. The molecule has 0 amide bonds. The molecule has 2 aromatic rings. The maximum atomic E-state index is 5.34. The van der Waals surface area contributed by atoms with Crippen LogP contribution in [-0.2, 0) is 11.3 Å². The van der Waals surface area contributed by atoms with Gasteiger partial charge in [-0.1, -0.05) is 18.2 Å². The molecule has 0 saturated heterocycles. The highest BCUT2D eigenvalue weighted by atomic mass is 16.5. The van der Waals surface area contributed by atoms with Gasteiger partial charge in [-0.25, -0.2) is 4.99 Å². The summed E-state index contributed by atoms with van der Waals surface area (Å²) in [7, 11) is 0. The van der Waals surface area contributed by atoms with Crippen molar-refractivity contribution in [3.8, 4) is 0 Å². The van der Waals surface area contributed by atoms with E-state index in [9.17, 15) is 0 Å². The van der Waals surface area contributed by atoms with Crippen molar-refractivity contribution >= 4 is 16.9 Å². The predicted molar refractivity (Wildman–Crippen MR) is 96.8 cm³/mol. The van der Waals surface area contributed by atoms with E-state index in [1.165, 1.54) is 5.39 Å². The Morgan fingerprint density at radius 1 is 1.17 bits per heavy atom. The van der Waals surface area contributed by atoms with E-state index >= 15 is 0 Å². The highest BCUT2D eigenvalue weighted by Crippen LogP contribution is 2.14. The first-order chi connectivity index (χ1) is 11.3. The zero-order valence-electron chi connectivity index (χ0n) is 14.2. The summed E-state index contributed by atoms with van der Waals surface area (Å²) >= 11 is 0. The average Bonchev–Trinajstić information content (AvgIpc) is 2.98. The quantitative estimate of drug-likeness (QED) is 0.378. The number of benzene rings is 1. The minimum atomic E-state index is 0.642. The normalized spacial score (nSPS) is 11.8. The molecule has 0 atom stereocenters. The van der Waals surface area contributed by atoms with E-state index in [2.05, 4.69) is 51.8 Å². The summed E-state index contributed by atoms with van der Waals surface area (Å²) in [6.07, 6.45) is 2.15. The lowest BCUT2D eigenvalue weighted by Crippen LogP contribution is -2.37. The number of hydrogen-bond acceptors (Lipinski definition) is 2. The van der Waals surface area contributed by atoms with Crippen LogP contribution in [0, 0.1) is 0 Å². The number of H-pyrrole nitrogens is 1. The van der Waals surface area contributed by atoms with E-state index in [0.717, 1.165) is 56.3 Å². The SMILES string of the molecule is CCNC(=NCc1cc2ccccc2[nH]1)NCCCCOCC. The van der Waals surface area contributed by atoms with Crippen molar-refractivity contribution < 1.29 is 4.74 Å². The largest absolute Gasteiger partial charge is 0.382 e. The predicted octanol–water partition coefficient (Wildman–Crippen LogP) is 3.04. The van der Waals surface area contributed by atoms with Gasteiger partial charge in [0.05, 0.1) is 6.54 Å². The van der Waals surface area contributed by atoms with Gasteiger partial charge in [0.15, 0.2) is 5.96 Å². The monoisotopic (exact) mass is 316 g/mol. The van der Waals surface area contributed by atoms with E-state index in [4.69, 9.17) is 4.74 Å². The van der Waals surface area contributed by atoms with Crippen molar-refractivity contribution in [1.29, 1.82) is 0 Å².